The van der Waals surface area contributed by atoms with Gasteiger partial charge in [-0.2, -0.15) is 0 Å². The van der Waals surface area contributed by atoms with Crippen molar-refractivity contribution in [1.82, 2.24) is 4.90 Å². The first kappa shape index (κ1) is 17.0. The van der Waals surface area contributed by atoms with Crippen molar-refractivity contribution in [3.63, 3.8) is 0 Å². The van der Waals surface area contributed by atoms with E-state index in [4.69, 9.17) is 4.74 Å². The predicted molar refractivity (Wildman–Crippen MR) is 97.5 cm³/mol. The molecule has 1 atom stereocenters. The summed E-state index contributed by atoms with van der Waals surface area (Å²) in [6, 6.07) is 16.7. The number of hydrogen-bond donors (Lipinski definition) is 1. The lowest BCUT2D eigenvalue weighted by Crippen LogP contribution is -2.38. The van der Waals surface area contributed by atoms with Crippen molar-refractivity contribution < 1.29 is 9.84 Å². The molecular weight excluding hydrogens is 298 g/mol. The van der Waals surface area contributed by atoms with Crippen molar-refractivity contribution in [2.75, 3.05) is 19.7 Å². The minimum atomic E-state index is -0.472. The van der Waals surface area contributed by atoms with Crippen LogP contribution in [0, 0.1) is 0 Å². The first-order valence-corrected chi connectivity index (χ1v) is 8.82. The summed E-state index contributed by atoms with van der Waals surface area (Å²) in [6.07, 6.45) is 0.584. The average Bonchev–Trinajstić information content (AvgIpc) is 2.60. The third-order valence-electron chi connectivity index (χ3n) is 4.67. The highest BCUT2D eigenvalue weighted by Crippen LogP contribution is 2.20. The van der Waals surface area contributed by atoms with Crippen molar-refractivity contribution in [1.29, 1.82) is 0 Å². The summed E-state index contributed by atoms with van der Waals surface area (Å²) in [4.78, 5) is 2.30. The van der Waals surface area contributed by atoms with Crippen molar-refractivity contribution in [2.45, 2.75) is 38.8 Å². The highest BCUT2D eigenvalue weighted by atomic mass is 16.5. The first-order valence-electron chi connectivity index (χ1n) is 8.82. The van der Waals surface area contributed by atoms with Crippen LogP contribution in [0.5, 0.6) is 5.75 Å². The molecule has 1 aliphatic heterocycles. The van der Waals surface area contributed by atoms with Gasteiger partial charge in [-0.15, -0.1) is 0 Å². The lowest BCUT2D eigenvalue weighted by molar-refractivity contribution is 0.0638. The molecule has 0 amide bonds. The van der Waals surface area contributed by atoms with Crippen LogP contribution in [0.2, 0.25) is 0 Å². The van der Waals surface area contributed by atoms with E-state index in [1.54, 1.807) is 0 Å². The maximum Gasteiger partial charge on any atom is 0.119 e. The zero-order valence-corrected chi connectivity index (χ0v) is 14.6. The Morgan fingerprint density at radius 1 is 1.04 bits per heavy atom. The molecule has 1 aliphatic rings. The Hall–Kier alpha value is -1.84. The second-order valence-corrected chi connectivity index (χ2v) is 6.94. The fraction of sp³-hybridized carbons (Fsp3) is 0.429. The molecule has 2 aromatic rings. The zero-order valence-electron chi connectivity index (χ0n) is 14.6. The summed E-state index contributed by atoms with van der Waals surface area (Å²) in [6.45, 7) is 7.25. The second kappa shape index (κ2) is 7.82. The standard InChI is InChI=1S/C21H27NO2/c1-16(2)17-7-9-21(10-8-17)24-15-20(23)14-22-12-11-18-5-3-4-6-19(18)13-22/h3-10,16,20,23H,11-15H2,1-2H3/t20-/m0/s1. The maximum absolute atomic E-state index is 10.3. The van der Waals surface area contributed by atoms with E-state index < -0.39 is 6.10 Å². The van der Waals surface area contributed by atoms with Gasteiger partial charge in [-0.25, -0.2) is 0 Å². The van der Waals surface area contributed by atoms with E-state index in [0.717, 1.165) is 25.3 Å². The molecule has 0 saturated heterocycles. The van der Waals surface area contributed by atoms with E-state index in [2.05, 4.69) is 55.1 Å². The Labute approximate surface area is 144 Å². The van der Waals surface area contributed by atoms with E-state index in [9.17, 15) is 5.11 Å². The molecule has 3 rings (SSSR count). The number of aliphatic hydroxyl groups is 1. The van der Waals surface area contributed by atoms with Crippen molar-refractivity contribution in [2.24, 2.45) is 0 Å². The van der Waals surface area contributed by atoms with Gasteiger partial charge in [0.2, 0.25) is 0 Å². The van der Waals surface area contributed by atoms with Gasteiger partial charge in [0, 0.05) is 19.6 Å². The minimum Gasteiger partial charge on any atom is -0.491 e. The molecule has 1 N–H and O–H groups in total. The van der Waals surface area contributed by atoms with E-state index in [0.29, 0.717) is 19.1 Å². The lowest BCUT2D eigenvalue weighted by Gasteiger charge is -2.30. The van der Waals surface area contributed by atoms with Crippen molar-refractivity contribution >= 4 is 0 Å². The van der Waals surface area contributed by atoms with Crippen LogP contribution in [0.25, 0.3) is 0 Å². The van der Waals surface area contributed by atoms with Crippen molar-refractivity contribution in [3.8, 4) is 5.75 Å². The van der Waals surface area contributed by atoms with E-state index in [-0.39, 0.29) is 0 Å². The predicted octanol–water partition coefficient (Wildman–Crippen LogP) is 3.61. The molecule has 2 aromatic carbocycles. The number of fused-ring (bicyclic) bond motifs is 1. The summed E-state index contributed by atoms with van der Waals surface area (Å²) in [5.74, 6) is 1.34. The molecule has 0 saturated carbocycles. The van der Waals surface area contributed by atoms with Crippen LogP contribution in [0.4, 0.5) is 0 Å². The number of rotatable bonds is 6. The van der Waals surface area contributed by atoms with Crippen LogP contribution in [0.3, 0.4) is 0 Å². The monoisotopic (exact) mass is 325 g/mol. The largest absolute Gasteiger partial charge is 0.491 e. The molecule has 128 valence electrons. The smallest absolute Gasteiger partial charge is 0.119 e. The molecule has 1 heterocycles. The summed E-state index contributed by atoms with van der Waals surface area (Å²) < 4.78 is 5.74. The summed E-state index contributed by atoms with van der Waals surface area (Å²) in [5.41, 5.74) is 4.11. The van der Waals surface area contributed by atoms with Crippen LogP contribution < -0.4 is 4.74 Å². The highest BCUT2D eigenvalue weighted by molar-refractivity contribution is 5.29. The van der Waals surface area contributed by atoms with Crippen LogP contribution in [-0.2, 0) is 13.0 Å². The molecule has 3 heteroatoms. The van der Waals surface area contributed by atoms with Crippen LogP contribution in [-0.4, -0.2) is 35.8 Å². The van der Waals surface area contributed by atoms with Crippen molar-refractivity contribution in [3.05, 3.63) is 65.2 Å². The number of benzene rings is 2. The maximum atomic E-state index is 10.3. The van der Waals surface area contributed by atoms with Crippen LogP contribution >= 0.6 is 0 Å². The average molecular weight is 325 g/mol. The number of nitrogens with zero attached hydrogens (tertiary/aromatic N) is 1. The molecule has 0 aromatic heterocycles. The third-order valence-corrected chi connectivity index (χ3v) is 4.67. The van der Waals surface area contributed by atoms with Crippen LogP contribution in [0.15, 0.2) is 48.5 Å². The van der Waals surface area contributed by atoms with Gasteiger partial charge in [-0.3, -0.25) is 4.90 Å². The van der Waals surface area contributed by atoms with Gasteiger partial charge >= 0.3 is 0 Å². The fourth-order valence-electron chi connectivity index (χ4n) is 3.20. The first-order chi connectivity index (χ1) is 11.6. The van der Waals surface area contributed by atoms with E-state index in [1.807, 2.05) is 12.1 Å². The van der Waals surface area contributed by atoms with E-state index in [1.165, 1.54) is 16.7 Å². The number of hydrogen-bond acceptors (Lipinski definition) is 3. The summed E-state index contributed by atoms with van der Waals surface area (Å²) in [5, 5.41) is 10.3. The quantitative estimate of drug-likeness (QED) is 0.881. The zero-order chi connectivity index (χ0) is 16.9. The molecular formula is C21H27NO2. The molecule has 24 heavy (non-hydrogen) atoms. The Bertz CT molecular complexity index is 651. The van der Waals surface area contributed by atoms with Gasteiger partial charge in [0.1, 0.15) is 18.5 Å². The van der Waals surface area contributed by atoms with Gasteiger partial charge in [0.05, 0.1) is 0 Å². The molecule has 3 nitrogen and oxygen atoms in total. The number of β-amino-alcohol motifs (C(OH)–C–C–N with tert-alkyl or cyclic N) is 1. The third kappa shape index (κ3) is 4.37. The second-order valence-electron chi connectivity index (χ2n) is 6.94. The van der Waals surface area contributed by atoms with Crippen LogP contribution in [0.1, 0.15) is 36.5 Å². The summed E-state index contributed by atoms with van der Waals surface area (Å²) in [7, 11) is 0. The molecule has 0 fully saturated rings. The number of ether oxygens (including phenoxy) is 1. The van der Waals surface area contributed by atoms with Gasteiger partial charge in [0.25, 0.3) is 0 Å². The number of aliphatic hydroxyl groups excluding tert-OH is 1. The highest BCUT2D eigenvalue weighted by Gasteiger charge is 2.18. The Morgan fingerprint density at radius 2 is 1.75 bits per heavy atom. The SMILES string of the molecule is CC(C)c1ccc(OC[C@@H](O)CN2CCc3ccccc3C2)cc1. The Kier molecular flexibility index (Phi) is 5.54. The Balaban J connectivity index is 1.47. The molecule has 0 bridgehead atoms. The van der Waals surface area contributed by atoms with Gasteiger partial charge in [0.15, 0.2) is 0 Å². The van der Waals surface area contributed by atoms with Gasteiger partial charge in [-0.05, 0) is 41.2 Å². The lowest BCUT2D eigenvalue weighted by atomic mass is 10.00. The normalized spacial score (nSPS) is 16.0. The summed E-state index contributed by atoms with van der Waals surface area (Å²) >= 11 is 0. The topological polar surface area (TPSA) is 32.7 Å². The fourth-order valence-corrected chi connectivity index (χ4v) is 3.20. The minimum absolute atomic E-state index is 0.333. The van der Waals surface area contributed by atoms with Gasteiger partial charge in [-0.1, -0.05) is 50.2 Å². The molecule has 0 spiro atoms. The molecule has 0 aliphatic carbocycles. The molecule has 0 unspecified atom stereocenters. The Morgan fingerprint density at radius 3 is 2.46 bits per heavy atom. The van der Waals surface area contributed by atoms with Gasteiger partial charge < -0.3 is 9.84 Å². The molecule has 0 radical (unpaired) electrons. The van der Waals surface area contributed by atoms with E-state index >= 15 is 0 Å².